The molecule has 3 aromatic heterocycles. The molecule has 0 fully saturated rings. The molecule has 104 valence electrons. The Kier molecular flexibility index (Phi) is 2.86. The summed E-state index contributed by atoms with van der Waals surface area (Å²) in [5.41, 5.74) is 0.430. The number of nitrogens with zero attached hydrogens (tertiary/aromatic N) is 4. The van der Waals surface area contributed by atoms with Gasteiger partial charge in [0.05, 0.1) is 6.26 Å². The highest BCUT2D eigenvalue weighted by molar-refractivity contribution is 9.10. The van der Waals surface area contributed by atoms with Crippen LogP contribution in [-0.2, 0) is 0 Å². The summed E-state index contributed by atoms with van der Waals surface area (Å²) in [6.45, 7) is 0. The summed E-state index contributed by atoms with van der Waals surface area (Å²) in [7, 11) is 0. The molecule has 4 aromatic rings. The maximum absolute atomic E-state index is 14.0. The van der Waals surface area contributed by atoms with Gasteiger partial charge in [0.15, 0.2) is 10.8 Å². The lowest BCUT2D eigenvalue weighted by Gasteiger charge is -1.98. The van der Waals surface area contributed by atoms with E-state index in [9.17, 15) is 4.39 Å². The van der Waals surface area contributed by atoms with E-state index < -0.39 is 0 Å². The highest BCUT2D eigenvalue weighted by Gasteiger charge is 2.17. The van der Waals surface area contributed by atoms with Crippen molar-refractivity contribution in [2.45, 2.75) is 0 Å². The van der Waals surface area contributed by atoms with Crippen molar-refractivity contribution in [2.75, 3.05) is 0 Å². The van der Waals surface area contributed by atoms with Crippen LogP contribution in [0.5, 0.6) is 0 Å². The maximum atomic E-state index is 14.0. The van der Waals surface area contributed by atoms with Gasteiger partial charge in [0.1, 0.15) is 5.82 Å². The number of hydrogen-bond donors (Lipinski definition) is 0. The van der Waals surface area contributed by atoms with E-state index in [1.165, 1.54) is 17.4 Å². The van der Waals surface area contributed by atoms with Crippen molar-refractivity contribution in [3.05, 3.63) is 46.9 Å². The fourth-order valence-corrected chi connectivity index (χ4v) is 3.15. The average Bonchev–Trinajstić information content (AvgIpc) is 3.13. The van der Waals surface area contributed by atoms with Crippen molar-refractivity contribution in [1.82, 2.24) is 19.8 Å². The predicted octanol–water partition coefficient (Wildman–Crippen LogP) is 4.01. The van der Waals surface area contributed by atoms with Gasteiger partial charge in [0.25, 0.3) is 0 Å². The normalized spacial score (nSPS) is 11.3. The number of hydrogen-bond acceptors (Lipinski definition) is 5. The van der Waals surface area contributed by atoms with Gasteiger partial charge in [-0.05, 0) is 30.3 Å². The summed E-state index contributed by atoms with van der Waals surface area (Å²) in [5, 5.41) is 13.0. The SMILES string of the molecule is Fc1cc(Br)ccc1-c1nn2c(-c3ccco3)nnc2s1. The molecule has 3 heterocycles. The van der Waals surface area contributed by atoms with Crippen LogP contribution in [0.15, 0.2) is 45.5 Å². The third-order valence-electron chi connectivity index (χ3n) is 2.89. The molecule has 4 rings (SSSR count). The molecule has 0 radical (unpaired) electrons. The van der Waals surface area contributed by atoms with E-state index in [1.54, 1.807) is 35.0 Å². The van der Waals surface area contributed by atoms with Gasteiger partial charge in [-0.15, -0.1) is 10.2 Å². The van der Waals surface area contributed by atoms with Gasteiger partial charge in [-0.25, -0.2) is 4.39 Å². The minimum atomic E-state index is -0.339. The quantitative estimate of drug-likeness (QED) is 0.539. The first kappa shape index (κ1) is 12.7. The number of benzene rings is 1. The van der Waals surface area contributed by atoms with Crippen molar-refractivity contribution in [3.8, 4) is 22.2 Å². The van der Waals surface area contributed by atoms with Crippen LogP contribution in [0.2, 0.25) is 0 Å². The zero-order chi connectivity index (χ0) is 14.4. The topological polar surface area (TPSA) is 56.2 Å². The molecule has 5 nitrogen and oxygen atoms in total. The first-order chi connectivity index (χ1) is 10.2. The van der Waals surface area contributed by atoms with Crippen LogP contribution in [0, 0.1) is 5.82 Å². The van der Waals surface area contributed by atoms with Gasteiger partial charge in [0.2, 0.25) is 10.8 Å². The summed E-state index contributed by atoms with van der Waals surface area (Å²) < 4.78 is 21.6. The van der Waals surface area contributed by atoms with Crippen molar-refractivity contribution in [3.63, 3.8) is 0 Å². The molecule has 0 atom stereocenters. The van der Waals surface area contributed by atoms with Crippen molar-refractivity contribution in [2.24, 2.45) is 0 Å². The molecule has 0 aliphatic rings. The van der Waals surface area contributed by atoms with Crippen molar-refractivity contribution < 1.29 is 8.81 Å². The summed E-state index contributed by atoms with van der Waals surface area (Å²) >= 11 is 4.51. The first-order valence-corrected chi connectivity index (χ1v) is 7.55. The van der Waals surface area contributed by atoms with E-state index in [0.29, 0.717) is 31.6 Å². The minimum absolute atomic E-state index is 0.339. The van der Waals surface area contributed by atoms with Crippen LogP contribution < -0.4 is 0 Å². The Balaban J connectivity index is 1.88. The van der Waals surface area contributed by atoms with Crippen LogP contribution in [0.1, 0.15) is 0 Å². The lowest BCUT2D eigenvalue weighted by Crippen LogP contribution is -1.90. The van der Waals surface area contributed by atoms with Crippen molar-refractivity contribution >= 4 is 32.2 Å². The second-order valence-corrected chi connectivity index (χ2v) is 6.10. The minimum Gasteiger partial charge on any atom is -0.461 e. The Morgan fingerprint density at radius 1 is 1.24 bits per heavy atom. The molecule has 0 amide bonds. The fourth-order valence-electron chi connectivity index (χ4n) is 1.95. The molecular weight excluding hydrogens is 359 g/mol. The van der Waals surface area contributed by atoms with E-state index in [0.717, 1.165) is 0 Å². The van der Waals surface area contributed by atoms with E-state index in [1.807, 2.05) is 0 Å². The van der Waals surface area contributed by atoms with Crippen LogP contribution in [0.25, 0.3) is 27.1 Å². The molecule has 0 saturated heterocycles. The second kappa shape index (κ2) is 4.74. The molecule has 0 spiro atoms. The zero-order valence-electron chi connectivity index (χ0n) is 10.3. The summed E-state index contributed by atoms with van der Waals surface area (Å²) in [6, 6.07) is 8.39. The number of fused-ring (bicyclic) bond motifs is 1. The Morgan fingerprint density at radius 3 is 2.90 bits per heavy atom. The zero-order valence-corrected chi connectivity index (χ0v) is 12.7. The Labute approximate surface area is 130 Å². The number of aromatic nitrogens is 4. The maximum Gasteiger partial charge on any atom is 0.235 e. The molecule has 0 unspecified atom stereocenters. The van der Waals surface area contributed by atoms with Crippen LogP contribution >= 0.6 is 27.3 Å². The van der Waals surface area contributed by atoms with E-state index in [-0.39, 0.29) is 5.82 Å². The van der Waals surface area contributed by atoms with Crippen LogP contribution in [-0.4, -0.2) is 19.8 Å². The summed E-state index contributed by atoms with van der Waals surface area (Å²) in [4.78, 5) is 0.582. The van der Waals surface area contributed by atoms with Crippen LogP contribution in [0.4, 0.5) is 4.39 Å². The third kappa shape index (κ3) is 2.07. The van der Waals surface area contributed by atoms with Gasteiger partial charge in [0, 0.05) is 10.0 Å². The molecule has 0 N–H and O–H groups in total. The number of rotatable bonds is 2. The number of furan rings is 1. The molecule has 21 heavy (non-hydrogen) atoms. The summed E-state index contributed by atoms with van der Waals surface area (Å²) in [6.07, 6.45) is 1.55. The first-order valence-electron chi connectivity index (χ1n) is 5.94. The standard InChI is InChI=1S/C13H6BrFN4OS/c14-7-3-4-8(9(15)6-7)12-18-19-11(10-2-1-5-20-10)16-17-13(19)21-12/h1-6H. The number of halogens is 2. The Bertz CT molecular complexity index is 931. The smallest absolute Gasteiger partial charge is 0.235 e. The second-order valence-electron chi connectivity index (χ2n) is 4.23. The van der Waals surface area contributed by atoms with Crippen molar-refractivity contribution in [1.29, 1.82) is 0 Å². The molecule has 0 aliphatic heterocycles. The molecular formula is C13H6BrFN4OS. The molecule has 0 bridgehead atoms. The van der Waals surface area contributed by atoms with Gasteiger partial charge in [-0.2, -0.15) is 9.61 Å². The van der Waals surface area contributed by atoms with Gasteiger partial charge in [-0.3, -0.25) is 0 Å². The van der Waals surface area contributed by atoms with Gasteiger partial charge < -0.3 is 4.42 Å². The highest BCUT2D eigenvalue weighted by atomic mass is 79.9. The fraction of sp³-hybridized carbons (Fsp3) is 0. The molecule has 0 saturated carbocycles. The third-order valence-corrected chi connectivity index (χ3v) is 4.32. The lowest BCUT2D eigenvalue weighted by molar-refractivity contribution is 0.575. The summed E-state index contributed by atoms with van der Waals surface area (Å²) in [5.74, 6) is 0.722. The predicted molar refractivity (Wildman–Crippen MR) is 79.5 cm³/mol. The average molecular weight is 365 g/mol. The van der Waals surface area contributed by atoms with Gasteiger partial charge >= 0.3 is 0 Å². The monoisotopic (exact) mass is 364 g/mol. The molecule has 0 aliphatic carbocycles. The molecule has 8 heteroatoms. The Hall–Kier alpha value is -2.06. The Morgan fingerprint density at radius 2 is 2.14 bits per heavy atom. The van der Waals surface area contributed by atoms with E-state index in [4.69, 9.17) is 4.42 Å². The van der Waals surface area contributed by atoms with E-state index in [2.05, 4.69) is 31.2 Å². The lowest BCUT2D eigenvalue weighted by atomic mass is 10.2. The van der Waals surface area contributed by atoms with Crippen LogP contribution in [0.3, 0.4) is 0 Å². The van der Waals surface area contributed by atoms with E-state index >= 15 is 0 Å². The highest BCUT2D eigenvalue weighted by Crippen LogP contribution is 2.30. The largest absolute Gasteiger partial charge is 0.461 e. The van der Waals surface area contributed by atoms with Gasteiger partial charge in [-0.1, -0.05) is 27.3 Å². The molecule has 1 aromatic carbocycles.